The molecule has 1 aliphatic rings. The van der Waals surface area contributed by atoms with Crippen molar-refractivity contribution in [3.8, 4) is 12.3 Å². The van der Waals surface area contributed by atoms with Crippen LogP contribution >= 0.6 is 0 Å². The van der Waals surface area contributed by atoms with Gasteiger partial charge in [0.1, 0.15) is 0 Å². The fourth-order valence-corrected chi connectivity index (χ4v) is 1.42. The van der Waals surface area contributed by atoms with Crippen molar-refractivity contribution in [3.63, 3.8) is 0 Å². The Labute approximate surface area is 78.4 Å². The van der Waals surface area contributed by atoms with E-state index >= 15 is 0 Å². The quantitative estimate of drug-likeness (QED) is 0.688. The minimum Gasteiger partial charge on any atom is -0.387 e. The molecule has 1 aromatic heterocycles. The van der Waals surface area contributed by atoms with Crippen molar-refractivity contribution in [1.82, 2.24) is 4.98 Å². The van der Waals surface area contributed by atoms with Crippen LogP contribution in [0.25, 0.3) is 0 Å². The van der Waals surface area contributed by atoms with Crippen LogP contribution in [0.3, 0.4) is 0 Å². The Morgan fingerprint density at radius 2 is 2.31 bits per heavy atom. The number of pyridine rings is 1. The van der Waals surface area contributed by atoms with Crippen LogP contribution in [0.5, 0.6) is 0 Å². The van der Waals surface area contributed by atoms with E-state index in [-0.39, 0.29) is 5.41 Å². The van der Waals surface area contributed by atoms with Gasteiger partial charge in [-0.15, -0.1) is 6.42 Å². The molecule has 1 N–H and O–H groups in total. The van der Waals surface area contributed by atoms with E-state index in [0.717, 1.165) is 24.2 Å². The first-order valence-corrected chi connectivity index (χ1v) is 4.43. The SMILES string of the molecule is C#CC1(c2ccc(NC)cn2)CC1. The van der Waals surface area contributed by atoms with Crippen molar-refractivity contribution in [2.45, 2.75) is 18.3 Å². The normalized spacial score (nSPS) is 17.5. The number of nitrogens with one attached hydrogen (secondary N) is 1. The highest BCUT2D eigenvalue weighted by Crippen LogP contribution is 2.46. The zero-order valence-electron chi connectivity index (χ0n) is 7.67. The summed E-state index contributed by atoms with van der Waals surface area (Å²) in [4.78, 5) is 4.35. The van der Waals surface area contributed by atoms with E-state index in [9.17, 15) is 0 Å². The minimum atomic E-state index is -0.0354. The van der Waals surface area contributed by atoms with Crippen molar-refractivity contribution < 1.29 is 0 Å². The van der Waals surface area contributed by atoms with Crippen LogP contribution in [-0.2, 0) is 5.41 Å². The smallest absolute Gasteiger partial charge is 0.0733 e. The molecule has 0 radical (unpaired) electrons. The molecule has 2 nitrogen and oxygen atoms in total. The molecule has 0 amide bonds. The molecule has 1 saturated carbocycles. The van der Waals surface area contributed by atoms with E-state index in [0.29, 0.717) is 0 Å². The second-order valence-electron chi connectivity index (χ2n) is 3.41. The Morgan fingerprint density at radius 3 is 2.69 bits per heavy atom. The van der Waals surface area contributed by atoms with Gasteiger partial charge in [-0.05, 0) is 25.0 Å². The average Bonchev–Trinajstić information content (AvgIpc) is 2.99. The number of rotatable bonds is 2. The third-order valence-corrected chi connectivity index (χ3v) is 2.57. The Morgan fingerprint density at radius 1 is 1.54 bits per heavy atom. The second kappa shape index (κ2) is 2.77. The highest BCUT2D eigenvalue weighted by atomic mass is 14.9. The molecule has 0 unspecified atom stereocenters. The molecule has 0 spiro atoms. The maximum atomic E-state index is 5.47. The van der Waals surface area contributed by atoms with E-state index in [1.54, 1.807) is 0 Å². The standard InChI is InChI=1S/C11H12N2/c1-3-11(6-7-11)10-5-4-9(12-2)8-13-10/h1,4-5,8,12H,6-7H2,2H3. The van der Waals surface area contributed by atoms with E-state index in [1.165, 1.54) is 0 Å². The summed E-state index contributed by atoms with van der Waals surface area (Å²) in [7, 11) is 1.88. The third kappa shape index (κ3) is 1.27. The molecule has 0 bridgehead atoms. The first-order chi connectivity index (χ1) is 6.30. The summed E-state index contributed by atoms with van der Waals surface area (Å²) < 4.78 is 0. The lowest BCUT2D eigenvalue weighted by molar-refractivity contribution is 0.871. The van der Waals surface area contributed by atoms with Gasteiger partial charge in [-0.2, -0.15) is 0 Å². The fraction of sp³-hybridized carbons (Fsp3) is 0.364. The highest BCUT2D eigenvalue weighted by molar-refractivity contribution is 5.44. The molecule has 2 rings (SSSR count). The summed E-state index contributed by atoms with van der Waals surface area (Å²) in [5, 5.41) is 3.03. The Balaban J connectivity index is 2.29. The summed E-state index contributed by atoms with van der Waals surface area (Å²) in [5.74, 6) is 2.82. The molecule has 1 aromatic rings. The molecule has 0 saturated heterocycles. The van der Waals surface area contributed by atoms with E-state index in [4.69, 9.17) is 6.42 Å². The summed E-state index contributed by atoms with van der Waals surface area (Å²) in [6.07, 6.45) is 9.45. The van der Waals surface area contributed by atoms with Crippen molar-refractivity contribution >= 4 is 5.69 Å². The summed E-state index contributed by atoms with van der Waals surface area (Å²) in [6, 6.07) is 4.03. The van der Waals surface area contributed by atoms with Gasteiger partial charge >= 0.3 is 0 Å². The number of anilines is 1. The first-order valence-electron chi connectivity index (χ1n) is 4.43. The van der Waals surface area contributed by atoms with Crippen LogP contribution in [0.2, 0.25) is 0 Å². The monoisotopic (exact) mass is 172 g/mol. The van der Waals surface area contributed by atoms with Gasteiger partial charge in [0.25, 0.3) is 0 Å². The molecule has 13 heavy (non-hydrogen) atoms. The van der Waals surface area contributed by atoms with Crippen molar-refractivity contribution in [2.24, 2.45) is 0 Å². The van der Waals surface area contributed by atoms with Gasteiger partial charge in [-0.3, -0.25) is 4.98 Å². The number of nitrogens with zero attached hydrogens (tertiary/aromatic N) is 1. The van der Waals surface area contributed by atoms with Gasteiger partial charge in [-0.25, -0.2) is 0 Å². The van der Waals surface area contributed by atoms with E-state index in [1.807, 2.05) is 25.4 Å². The largest absolute Gasteiger partial charge is 0.387 e. The number of aromatic nitrogens is 1. The molecule has 1 fully saturated rings. The maximum absolute atomic E-state index is 5.47. The van der Waals surface area contributed by atoms with Crippen LogP contribution in [0.1, 0.15) is 18.5 Å². The number of hydrogen-bond donors (Lipinski definition) is 1. The van der Waals surface area contributed by atoms with Gasteiger partial charge in [0.2, 0.25) is 0 Å². The Hall–Kier alpha value is -1.49. The lowest BCUT2D eigenvalue weighted by atomic mass is 10.0. The van der Waals surface area contributed by atoms with E-state index < -0.39 is 0 Å². The van der Waals surface area contributed by atoms with Crippen LogP contribution < -0.4 is 5.32 Å². The van der Waals surface area contributed by atoms with Crippen molar-refractivity contribution in [3.05, 3.63) is 24.0 Å². The number of terminal acetylenes is 1. The van der Waals surface area contributed by atoms with Gasteiger partial charge in [-0.1, -0.05) is 5.92 Å². The zero-order valence-corrected chi connectivity index (χ0v) is 7.67. The van der Waals surface area contributed by atoms with Gasteiger partial charge < -0.3 is 5.32 Å². The maximum Gasteiger partial charge on any atom is 0.0733 e. The summed E-state index contributed by atoms with van der Waals surface area (Å²) in [5.41, 5.74) is 2.03. The predicted octanol–water partition coefficient (Wildman–Crippen LogP) is 1.79. The lowest BCUT2D eigenvalue weighted by Gasteiger charge is -2.07. The molecule has 66 valence electrons. The molecular weight excluding hydrogens is 160 g/mol. The predicted molar refractivity (Wildman–Crippen MR) is 53.5 cm³/mol. The molecule has 0 aromatic carbocycles. The van der Waals surface area contributed by atoms with Gasteiger partial charge in [0, 0.05) is 7.05 Å². The van der Waals surface area contributed by atoms with Gasteiger partial charge in [0.05, 0.1) is 23.0 Å². The van der Waals surface area contributed by atoms with E-state index in [2.05, 4.69) is 16.2 Å². The zero-order chi connectivity index (χ0) is 9.31. The van der Waals surface area contributed by atoms with Gasteiger partial charge in [0.15, 0.2) is 0 Å². The fourth-order valence-electron chi connectivity index (χ4n) is 1.42. The molecule has 2 heteroatoms. The topological polar surface area (TPSA) is 24.9 Å². The Kier molecular flexibility index (Phi) is 1.73. The minimum absolute atomic E-state index is 0.0354. The van der Waals surface area contributed by atoms with Crippen molar-refractivity contribution in [1.29, 1.82) is 0 Å². The Bertz CT molecular complexity index is 341. The molecule has 0 atom stereocenters. The second-order valence-corrected chi connectivity index (χ2v) is 3.41. The molecule has 1 heterocycles. The lowest BCUT2D eigenvalue weighted by Crippen LogP contribution is -2.05. The highest BCUT2D eigenvalue weighted by Gasteiger charge is 2.43. The van der Waals surface area contributed by atoms with Crippen LogP contribution in [0.4, 0.5) is 5.69 Å². The third-order valence-electron chi connectivity index (χ3n) is 2.57. The average molecular weight is 172 g/mol. The molecule has 1 aliphatic carbocycles. The van der Waals surface area contributed by atoms with Crippen molar-refractivity contribution in [2.75, 3.05) is 12.4 Å². The first kappa shape index (κ1) is 8.12. The van der Waals surface area contributed by atoms with Crippen LogP contribution in [-0.4, -0.2) is 12.0 Å². The van der Waals surface area contributed by atoms with Crippen LogP contribution in [0.15, 0.2) is 18.3 Å². The molecular formula is C11H12N2. The summed E-state index contributed by atoms with van der Waals surface area (Å²) in [6.45, 7) is 0. The molecule has 0 aliphatic heterocycles. The number of hydrogen-bond acceptors (Lipinski definition) is 2. The van der Waals surface area contributed by atoms with Crippen LogP contribution in [0, 0.1) is 12.3 Å². The summed E-state index contributed by atoms with van der Waals surface area (Å²) >= 11 is 0.